The molecule has 2 aromatic rings. The molecule has 0 aliphatic carbocycles. The van der Waals surface area contributed by atoms with E-state index in [1.54, 1.807) is 6.08 Å². The van der Waals surface area contributed by atoms with Crippen LogP contribution < -0.4 is 5.32 Å². The van der Waals surface area contributed by atoms with Crippen LogP contribution in [0, 0.1) is 0 Å². The van der Waals surface area contributed by atoms with Crippen LogP contribution in [0.5, 0.6) is 0 Å². The zero-order valence-corrected chi connectivity index (χ0v) is 12.9. The number of ketones is 1. The summed E-state index contributed by atoms with van der Waals surface area (Å²) in [5, 5.41) is 10.8. The first-order valence-electron chi connectivity index (χ1n) is 6.13. The number of nitrogens with zero attached hydrogens (tertiary/aromatic N) is 2. The Labute approximate surface area is 130 Å². The Bertz CT molecular complexity index is 653. The predicted molar refractivity (Wildman–Crippen MR) is 85.4 cm³/mol. The number of nitrogens with one attached hydrogen (secondary N) is 1. The third-order valence-electron chi connectivity index (χ3n) is 2.26. The van der Waals surface area contributed by atoms with Crippen molar-refractivity contribution in [2.75, 3.05) is 11.1 Å². The lowest BCUT2D eigenvalue weighted by molar-refractivity contribution is -0.114. The van der Waals surface area contributed by atoms with Gasteiger partial charge in [0.2, 0.25) is 11.0 Å². The van der Waals surface area contributed by atoms with Gasteiger partial charge in [0, 0.05) is 6.08 Å². The highest BCUT2D eigenvalue weighted by atomic mass is 32.2. The van der Waals surface area contributed by atoms with Gasteiger partial charge in [-0.25, -0.2) is 0 Å². The molecule has 1 aromatic heterocycles. The smallest absolute Gasteiger partial charge is 0.250 e. The van der Waals surface area contributed by atoms with Gasteiger partial charge in [-0.05, 0) is 18.6 Å². The van der Waals surface area contributed by atoms with E-state index in [9.17, 15) is 9.59 Å². The van der Waals surface area contributed by atoms with Crippen molar-refractivity contribution in [1.29, 1.82) is 0 Å². The van der Waals surface area contributed by atoms with Crippen LogP contribution in [0.15, 0.2) is 40.7 Å². The van der Waals surface area contributed by atoms with Crippen molar-refractivity contribution >= 4 is 46.0 Å². The molecule has 1 heterocycles. The molecule has 0 aliphatic heterocycles. The Morgan fingerprint density at radius 1 is 1.29 bits per heavy atom. The number of hydrogen-bond acceptors (Lipinski definition) is 6. The molecule has 1 N–H and O–H groups in total. The summed E-state index contributed by atoms with van der Waals surface area (Å²) >= 11 is 2.56. The fourth-order valence-electron chi connectivity index (χ4n) is 1.37. The number of carbonyl (C=O) groups excluding carboxylic acids is 2. The summed E-state index contributed by atoms with van der Waals surface area (Å²) in [7, 11) is 0. The van der Waals surface area contributed by atoms with Crippen LogP contribution in [0.1, 0.15) is 12.5 Å². The lowest BCUT2D eigenvalue weighted by atomic mass is 10.2. The van der Waals surface area contributed by atoms with Crippen LogP contribution in [0.25, 0.3) is 6.08 Å². The van der Waals surface area contributed by atoms with Gasteiger partial charge in [0.05, 0.1) is 5.75 Å². The second-order valence-electron chi connectivity index (χ2n) is 4.10. The number of hydrogen-bond donors (Lipinski definition) is 1. The minimum Gasteiger partial charge on any atom is -0.299 e. The number of amides is 1. The van der Waals surface area contributed by atoms with Gasteiger partial charge in [-0.15, -0.1) is 10.2 Å². The first kappa shape index (κ1) is 15.4. The summed E-state index contributed by atoms with van der Waals surface area (Å²) in [6.45, 7) is 1.52. The molecule has 7 heteroatoms. The van der Waals surface area contributed by atoms with E-state index >= 15 is 0 Å². The van der Waals surface area contributed by atoms with Crippen molar-refractivity contribution in [2.24, 2.45) is 0 Å². The van der Waals surface area contributed by atoms with E-state index in [1.807, 2.05) is 30.3 Å². The predicted octanol–water partition coefficient (Wildman–Crippen LogP) is 2.87. The topological polar surface area (TPSA) is 72.0 Å². The largest absolute Gasteiger partial charge is 0.299 e. The van der Waals surface area contributed by atoms with Crippen molar-refractivity contribution < 1.29 is 9.59 Å². The molecule has 0 saturated carbocycles. The molecular formula is C14H13N3O2S2. The van der Waals surface area contributed by atoms with Gasteiger partial charge in [-0.2, -0.15) is 0 Å². The summed E-state index contributed by atoms with van der Waals surface area (Å²) in [5.41, 5.74) is 0.947. The Morgan fingerprint density at radius 2 is 2.05 bits per heavy atom. The zero-order chi connectivity index (χ0) is 15.1. The Morgan fingerprint density at radius 3 is 2.76 bits per heavy atom. The minimum absolute atomic E-state index is 0.0755. The molecule has 0 radical (unpaired) electrons. The highest BCUT2D eigenvalue weighted by Crippen LogP contribution is 2.25. The summed E-state index contributed by atoms with van der Waals surface area (Å²) in [5.74, 6) is 0.168. The van der Waals surface area contributed by atoms with Gasteiger partial charge in [0.15, 0.2) is 4.34 Å². The highest BCUT2D eigenvalue weighted by molar-refractivity contribution is 8.01. The number of rotatable bonds is 6. The number of benzene rings is 1. The van der Waals surface area contributed by atoms with Crippen molar-refractivity contribution in [3.05, 3.63) is 42.0 Å². The fraction of sp³-hybridized carbons (Fsp3) is 0.143. The first-order valence-corrected chi connectivity index (χ1v) is 7.93. The van der Waals surface area contributed by atoms with Gasteiger partial charge in [-0.3, -0.25) is 14.9 Å². The molecule has 0 fully saturated rings. The molecule has 0 aliphatic rings. The highest BCUT2D eigenvalue weighted by Gasteiger charge is 2.07. The number of thioether (sulfide) groups is 1. The SMILES string of the molecule is CC(=O)CSc1nnc(NC(=O)C=Cc2ccccc2)s1. The van der Waals surface area contributed by atoms with E-state index < -0.39 is 0 Å². The molecule has 1 amide bonds. The van der Waals surface area contributed by atoms with E-state index in [0.29, 0.717) is 15.2 Å². The molecule has 108 valence electrons. The number of aromatic nitrogens is 2. The van der Waals surface area contributed by atoms with E-state index in [1.165, 1.54) is 36.1 Å². The van der Waals surface area contributed by atoms with Crippen molar-refractivity contribution in [1.82, 2.24) is 10.2 Å². The monoisotopic (exact) mass is 319 g/mol. The second-order valence-corrected chi connectivity index (χ2v) is 6.30. The van der Waals surface area contributed by atoms with Gasteiger partial charge in [0.1, 0.15) is 5.78 Å². The van der Waals surface area contributed by atoms with Gasteiger partial charge < -0.3 is 0 Å². The molecule has 5 nitrogen and oxygen atoms in total. The normalized spacial score (nSPS) is 10.7. The van der Waals surface area contributed by atoms with Crippen LogP contribution in [-0.2, 0) is 9.59 Å². The quantitative estimate of drug-likeness (QED) is 0.503. The summed E-state index contributed by atoms with van der Waals surface area (Å²) < 4.78 is 0.660. The number of anilines is 1. The van der Waals surface area contributed by atoms with Crippen molar-refractivity contribution in [3.8, 4) is 0 Å². The molecule has 0 atom stereocenters. The molecule has 1 aromatic carbocycles. The third kappa shape index (κ3) is 5.49. The molecule has 0 saturated heterocycles. The van der Waals surface area contributed by atoms with Gasteiger partial charge >= 0.3 is 0 Å². The van der Waals surface area contributed by atoms with E-state index in [0.717, 1.165) is 5.56 Å². The summed E-state index contributed by atoms with van der Waals surface area (Å²) in [4.78, 5) is 22.6. The Kier molecular flexibility index (Phi) is 5.65. The van der Waals surface area contributed by atoms with E-state index in [4.69, 9.17) is 0 Å². The van der Waals surface area contributed by atoms with Crippen LogP contribution in [0.4, 0.5) is 5.13 Å². The Hall–Kier alpha value is -1.99. The van der Waals surface area contributed by atoms with Crippen LogP contribution in [0.2, 0.25) is 0 Å². The average molecular weight is 319 g/mol. The van der Waals surface area contributed by atoms with Crippen molar-refractivity contribution in [2.45, 2.75) is 11.3 Å². The molecule has 2 rings (SSSR count). The maximum Gasteiger partial charge on any atom is 0.250 e. The lowest BCUT2D eigenvalue weighted by Gasteiger charge is -1.95. The van der Waals surface area contributed by atoms with Gasteiger partial charge in [0.25, 0.3) is 0 Å². The molecular weight excluding hydrogens is 306 g/mol. The Balaban J connectivity index is 1.88. The van der Waals surface area contributed by atoms with Crippen molar-refractivity contribution in [3.63, 3.8) is 0 Å². The van der Waals surface area contributed by atoms with Gasteiger partial charge in [-0.1, -0.05) is 53.4 Å². The third-order valence-corrected chi connectivity index (χ3v) is 4.38. The van der Waals surface area contributed by atoms with E-state index in [-0.39, 0.29) is 11.7 Å². The second kappa shape index (κ2) is 7.70. The zero-order valence-electron chi connectivity index (χ0n) is 11.3. The maximum absolute atomic E-state index is 11.7. The average Bonchev–Trinajstić information content (AvgIpc) is 2.91. The lowest BCUT2D eigenvalue weighted by Crippen LogP contribution is -2.07. The molecule has 21 heavy (non-hydrogen) atoms. The van der Waals surface area contributed by atoms with E-state index in [2.05, 4.69) is 15.5 Å². The fourth-order valence-corrected chi connectivity index (χ4v) is 2.92. The van der Waals surface area contributed by atoms with Crippen LogP contribution in [0.3, 0.4) is 0 Å². The number of carbonyl (C=O) groups is 2. The van der Waals surface area contributed by atoms with Crippen LogP contribution >= 0.6 is 23.1 Å². The maximum atomic E-state index is 11.7. The first-order chi connectivity index (χ1) is 10.1. The van der Waals surface area contributed by atoms with Crippen LogP contribution in [-0.4, -0.2) is 27.6 Å². The minimum atomic E-state index is -0.266. The molecule has 0 spiro atoms. The molecule has 0 unspecified atom stereocenters. The summed E-state index contributed by atoms with van der Waals surface area (Å²) in [6.07, 6.45) is 3.17. The number of Topliss-reactive ketones (excluding diaryl/α,β-unsaturated/α-hetero) is 1. The summed E-state index contributed by atoms with van der Waals surface area (Å²) in [6, 6.07) is 9.54. The molecule has 0 bridgehead atoms. The standard InChI is InChI=1S/C14H13N3O2S2/c1-10(18)9-20-14-17-16-13(21-14)15-12(19)8-7-11-5-3-2-4-6-11/h2-8H,9H2,1H3,(H,15,16,19).